The van der Waals surface area contributed by atoms with Crippen LogP contribution in [0, 0.1) is 6.92 Å². The van der Waals surface area contributed by atoms with Gasteiger partial charge in [0, 0.05) is 5.38 Å². The third kappa shape index (κ3) is 6.25. The fraction of sp³-hybridized carbons (Fsp3) is 0.182. The number of benzene rings is 2. The number of anilines is 1. The van der Waals surface area contributed by atoms with Gasteiger partial charge in [-0.1, -0.05) is 17.7 Å². The fourth-order valence-electron chi connectivity index (χ4n) is 2.52. The molecule has 7 nitrogen and oxygen atoms in total. The zero-order valence-corrected chi connectivity index (χ0v) is 17.4. The third-order valence-corrected chi connectivity index (χ3v) is 4.70. The van der Waals surface area contributed by atoms with Crippen LogP contribution in [0.2, 0.25) is 0 Å². The van der Waals surface area contributed by atoms with Gasteiger partial charge in [-0.05, 0) is 55.8 Å². The molecule has 0 aliphatic heterocycles. The van der Waals surface area contributed by atoms with Crippen LogP contribution in [0.4, 0.5) is 5.13 Å². The molecule has 8 heteroatoms. The number of hydrogen-bond donors (Lipinski definition) is 1. The molecule has 0 saturated carbocycles. The number of hydrogen-bond acceptors (Lipinski definition) is 8. The highest BCUT2D eigenvalue weighted by atomic mass is 32.1. The van der Waals surface area contributed by atoms with Crippen molar-refractivity contribution in [1.82, 2.24) is 4.98 Å². The maximum Gasteiger partial charge on any atom is 0.343 e. The Morgan fingerprint density at radius 2 is 2.00 bits per heavy atom. The Bertz CT molecular complexity index is 1040. The number of carbonyl (C=O) groups is 2. The van der Waals surface area contributed by atoms with Gasteiger partial charge in [-0.15, -0.1) is 11.3 Å². The van der Waals surface area contributed by atoms with Gasteiger partial charge >= 0.3 is 11.9 Å². The number of thiazole rings is 1. The predicted octanol–water partition coefficient (Wildman–Crippen LogP) is 4.22. The lowest BCUT2D eigenvalue weighted by atomic mass is 10.1. The van der Waals surface area contributed by atoms with Crippen molar-refractivity contribution in [2.75, 3.05) is 12.0 Å². The van der Waals surface area contributed by atoms with Crippen molar-refractivity contribution in [3.8, 4) is 5.75 Å². The van der Waals surface area contributed by atoms with E-state index < -0.39 is 5.97 Å². The maximum atomic E-state index is 12.2. The summed E-state index contributed by atoms with van der Waals surface area (Å²) in [7, 11) is 0. The summed E-state index contributed by atoms with van der Waals surface area (Å²) in [5.41, 5.74) is 5.79. The molecule has 3 aromatic rings. The van der Waals surface area contributed by atoms with Gasteiger partial charge in [-0.2, -0.15) is 5.10 Å². The van der Waals surface area contributed by atoms with E-state index in [0.717, 1.165) is 11.1 Å². The number of aromatic nitrogens is 1. The van der Waals surface area contributed by atoms with Gasteiger partial charge in [-0.3, -0.25) is 10.2 Å². The second-order valence-electron chi connectivity index (χ2n) is 6.32. The van der Waals surface area contributed by atoms with Gasteiger partial charge in [0.15, 0.2) is 0 Å². The summed E-state index contributed by atoms with van der Waals surface area (Å²) in [5.74, 6) is -0.250. The molecule has 0 aliphatic rings. The highest BCUT2D eigenvalue weighted by Gasteiger charge is 2.09. The number of ether oxygens (including phenoxy) is 2. The molecular formula is C22H21N3O4S. The Balaban J connectivity index is 1.52. The second-order valence-corrected chi connectivity index (χ2v) is 7.18. The number of nitrogens with zero attached hydrogens (tertiary/aromatic N) is 2. The molecule has 1 heterocycles. The molecular weight excluding hydrogens is 402 g/mol. The van der Waals surface area contributed by atoms with E-state index >= 15 is 0 Å². The SMILES string of the molecule is CCOC(=O)Cc1csc(NN=Cc2ccc(OC(=O)c3cccc(C)c3)cc2)n1. The van der Waals surface area contributed by atoms with E-state index in [9.17, 15) is 9.59 Å². The molecule has 0 amide bonds. The minimum absolute atomic E-state index is 0.137. The minimum atomic E-state index is -0.399. The first kappa shape index (κ1) is 21.2. The normalized spacial score (nSPS) is 10.7. The molecule has 0 radical (unpaired) electrons. The van der Waals surface area contributed by atoms with Gasteiger partial charge in [0.25, 0.3) is 0 Å². The van der Waals surface area contributed by atoms with Crippen molar-refractivity contribution in [1.29, 1.82) is 0 Å². The van der Waals surface area contributed by atoms with Crippen molar-refractivity contribution >= 4 is 34.6 Å². The van der Waals surface area contributed by atoms with Crippen molar-refractivity contribution < 1.29 is 19.1 Å². The van der Waals surface area contributed by atoms with Crippen LogP contribution in [0.3, 0.4) is 0 Å². The highest BCUT2D eigenvalue weighted by Crippen LogP contribution is 2.17. The van der Waals surface area contributed by atoms with Crippen LogP contribution in [0.1, 0.15) is 34.1 Å². The Hall–Kier alpha value is -3.52. The number of aryl methyl sites for hydroxylation is 1. The first-order valence-electron chi connectivity index (χ1n) is 9.31. The number of esters is 2. The number of carbonyl (C=O) groups excluding carboxylic acids is 2. The number of nitrogens with one attached hydrogen (secondary N) is 1. The van der Waals surface area contributed by atoms with Gasteiger partial charge in [0.1, 0.15) is 5.75 Å². The maximum absolute atomic E-state index is 12.2. The van der Waals surface area contributed by atoms with Gasteiger partial charge in [0.2, 0.25) is 5.13 Å². The quantitative estimate of drug-likeness (QED) is 0.252. The van der Waals surface area contributed by atoms with Gasteiger partial charge < -0.3 is 9.47 Å². The topological polar surface area (TPSA) is 89.9 Å². The largest absolute Gasteiger partial charge is 0.466 e. The zero-order chi connectivity index (χ0) is 21.3. The van der Waals surface area contributed by atoms with Crippen LogP contribution in [-0.4, -0.2) is 29.7 Å². The van der Waals surface area contributed by atoms with Crippen LogP contribution in [0.5, 0.6) is 5.75 Å². The fourth-order valence-corrected chi connectivity index (χ4v) is 3.18. The van der Waals surface area contributed by atoms with E-state index in [1.54, 1.807) is 54.9 Å². The summed E-state index contributed by atoms with van der Waals surface area (Å²) in [6.07, 6.45) is 1.76. The van der Waals surface area contributed by atoms with Gasteiger partial charge in [-0.25, -0.2) is 9.78 Å². The first-order valence-corrected chi connectivity index (χ1v) is 10.2. The standard InChI is InChI=1S/C22H21N3O4S/c1-3-28-20(26)12-18-14-30-22(24-18)25-23-13-16-7-9-19(10-8-16)29-21(27)17-6-4-5-15(2)11-17/h4-11,13-14H,3,12H2,1-2H3,(H,24,25). The van der Waals surface area contributed by atoms with Crippen LogP contribution in [0.15, 0.2) is 59.0 Å². The summed E-state index contributed by atoms with van der Waals surface area (Å²) in [6, 6.07) is 14.2. The predicted molar refractivity (Wildman–Crippen MR) is 116 cm³/mol. The Morgan fingerprint density at radius 1 is 1.20 bits per heavy atom. The molecule has 0 fully saturated rings. The molecule has 2 aromatic carbocycles. The van der Waals surface area contributed by atoms with E-state index in [2.05, 4.69) is 15.5 Å². The molecule has 0 aliphatic carbocycles. The van der Waals surface area contributed by atoms with Crippen molar-refractivity contribution in [3.63, 3.8) is 0 Å². The average molecular weight is 423 g/mol. The monoisotopic (exact) mass is 423 g/mol. The molecule has 1 aromatic heterocycles. The van der Waals surface area contributed by atoms with E-state index in [1.807, 2.05) is 19.1 Å². The molecule has 154 valence electrons. The molecule has 3 rings (SSSR count). The Labute approximate surface area is 178 Å². The van der Waals surface area contributed by atoms with Crippen LogP contribution in [-0.2, 0) is 16.0 Å². The van der Waals surface area contributed by atoms with E-state index in [0.29, 0.717) is 28.7 Å². The van der Waals surface area contributed by atoms with Crippen molar-refractivity contribution in [2.45, 2.75) is 20.3 Å². The van der Waals surface area contributed by atoms with E-state index in [-0.39, 0.29) is 12.4 Å². The number of rotatable bonds is 8. The molecule has 1 N–H and O–H groups in total. The number of hydrazone groups is 1. The third-order valence-electron chi connectivity index (χ3n) is 3.90. The summed E-state index contributed by atoms with van der Waals surface area (Å²) < 4.78 is 10.3. The lowest BCUT2D eigenvalue weighted by Crippen LogP contribution is -2.08. The van der Waals surface area contributed by atoms with Crippen LogP contribution in [0.25, 0.3) is 0 Å². The Kier molecular flexibility index (Phi) is 7.29. The summed E-state index contributed by atoms with van der Waals surface area (Å²) in [6.45, 7) is 4.04. The van der Waals surface area contributed by atoms with Crippen molar-refractivity contribution in [2.24, 2.45) is 5.10 Å². The van der Waals surface area contributed by atoms with Crippen LogP contribution >= 0.6 is 11.3 Å². The van der Waals surface area contributed by atoms with Gasteiger partial charge in [0.05, 0.1) is 30.5 Å². The summed E-state index contributed by atoms with van der Waals surface area (Å²) in [5, 5.41) is 6.50. The molecule has 0 spiro atoms. The minimum Gasteiger partial charge on any atom is -0.466 e. The molecule has 30 heavy (non-hydrogen) atoms. The molecule has 0 bridgehead atoms. The lowest BCUT2D eigenvalue weighted by Gasteiger charge is -2.05. The highest BCUT2D eigenvalue weighted by molar-refractivity contribution is 7.13. The smallest absolute Gasteiger partial charge is 0.343 e. The van der Waals surface area contributed by atoms with Crippen molar-refractivity contribution in [3.05, 3.63) is 76.3 Å². The van der Waals surface area contributed by atoms with E-state index in [1.165, 1.54) is 11.3 Å². The summed E-state index contributed by atoms with van der Waals surface area (Å²) in [4.78, 5) is 27.9. The Morgan fingerprint density at radius 3 is 2.73 bits per heavy atom. The average Bonchev–Trinajstić information content (AvgIpc) is 3.16. The first-order chi connectivity index (χ1) is 14.5. The van der Waals surface area contributed by atoms with Crippen LogP contribution < -0.4 is 10.2 Å². The zero-order valence-electron chi connectivity index (χ0n) is 16.6. The molecule has 0 unspecified atom stereocenters. The molecule has 0 atom stereocenters. The molecule has 0 saturated heterocycles. The lowest BCUT2D eigenvalue weighted by molar-refractivity contribution is -0.142. The van der Waals surface area contributed by atoms with E-state index in [4.69, 9.17) is 9.47 Å². The summed E-state index contributed by atoms with van der Waals surface area (Å²) >= 11 is 1.35. The second kappa shape index (κ2) is 10.3.